The number of piperidine rings is 1. The summed E-state index contributed by atoms with van der Waals surface area (Å²) in [6.07, 6.45) is 3.52. The SMILES string of the molecule is CC[C@]1(c2ccc(Nc3c(-c4ccc(N(C)C)cc4)nc4ccccn34)cc2)CCC(=O)NC1=O. The second-order valence-electron chi connectivity index (χ2n) is 9.19. The molecular weight excluding hydrogens is 438 g/mol. The van der Waals surface area contributed by atoms with Gasteiger partial charge in [0.2, 0.25) is 11.8 Å². The van der Waals surface area contributed by atoms with Crippen LogP contribution in [0, 0.1) is 0 Å². The maximum atomic E-state index is 12.8. The standard InChI is InChI=1S/C28H29N5O2/c1-4-28(17-16-24(34)31-27(28)35)20-10-12-21(13-11-20)29-26-25(30-23-7-5-6-18-33(23)26)19-8-14-22(15-9-19)32(2)3/h5-15,18,29H,4,16-17H2,1-3H3,(H,31,34,35)/t28-/m1/s1. The molecule has 2 amide bonds. The van der Waals surface area contributed by atoms with E-state index in [1.54, 1.807) is 0 Å². The van der Waals surface area contributed by atoms with E-state index in [1.165, 1.54) is 0 Å². The van der Waals surface area contributed by atoms with Crippen LogP contribution in [-0.2, 0) is 15.0 Å². The minimum Gasteiger partial charge on any atom is -0.378 e. The Kier molecular flexibility index (Phi) is 5.76. The Balaban J connectivity index is 1.49. The van der Waals surface area contributed by atoms with Crippen molar-refractivity contribution in [3.63, 3.8) is 0 Å². The highest BCUT2D eigenvalue weighted by atomic mass is 16.2. The van der Waals surface area contributed by atoms with E-state index in [4.69, 9.17) is 4.98 Å². The van der Waals surface area contributed by atoms with Gasteiger partial charge in [0.15, 0.2) is 0 Å². The predicted molar refractivity (Wildman–Crippen MR) is 139 cm³/mol. The third kappa shape index (κ3) is 4.03. The number of pyridine rings is 1. The van der Waals surface area contributed by atoms with Gasteiger partial charge in [-0.1, -0.05) is 37.3 Å². The van der Waals surface area contributed by atoms with Crippen LogP contribution in [0.5, 0.6) is 0 Å². The highest BCUT2D eigenvalue weighted by Gasteiger charge is 2.42. The zero-order chi connectivity index (χ0) is 24.6. The molecule has 1 atom stereocenters. The predicted octanol–water partition coefficient (Wildman–Crippen LogP) is 4.90. The summed E-state index contributed by atoms with van der Waals surface area (Å²) in [5.41, 5.74) is 5.01. The molecule has 7 nitrogen and oxygen atoms in total. The molecule has 4 aromatic rings. The molecule has 2 N–H and O–H groups in total. The van der Waals surface area contributed by atoms with E-state index in [1.807, 2.05) is 74.1 Å². The lowest BCUT2D eigenvalue weighted by molar-refractivity contribution is -0.138. The van der Waals surface area contributed by atoms with Gasteiger partial charge in [-0.15, -0.1) is 0 Å². The molecular formula is C28H29N5O2. The Bertz CT molecular complexity index is 1390. The lowest BCUT2D eigenvalue weighted by atomic mass is 9.72. The molecule has 3 heterocycles. The van der Waals surface area contributed by atoms with E-state index < -0.39 is 5.41 Å². The maximum Gasteiger partial charge on any atom is 0.237 e. The molecule has 0 saturated carbocycles. The van der Waals surface area contributed by atoms with Gasteiger partial charge in [-0.2, -0.15) is 0 Å². The zero-order valence-electron chi connectivity index (χ0n) is 20.2. The van der Waals surface area contributed by atoms with Gasteiger partial charge in [0.05, 0.1) is 5.41 Å². The Hall–Kier alpha value is -4.13. The van der Waals surface area contributed by atoms with Gasteiger partial charge >= 0.3 is 0 Å². The van der Waals surface area contributed by atoms with E-state index in [2.05, 4.69) is 39.8 Å². The van der Waals surface area contributed by atoms with Crippen molar-refractivity contribution in [3.05, 3.63) is 78.5 Å². The summed E-state index contributed by atoms with van der Waals surface area (Å²) < 4.78 is 2.04. The highest BCUT2D eigenvalue weighted by molar-refractivity contribution is 6.03. The van der Waals surface area contributed by atoms with E-state index in [-0.39, 0.29) is 11.8 Å². The molecule has 1 aliphatic heterocycles. The molecule has 2 aromatic heterocycles. The van der Waals surface area contributed by atoms with Crippen LogP contribution in [0.4, 0.5) is 17.2 Å². The molecule has 35 heavy (non-hydrogen) atoms. The Morgan fingerprint density at radius 2 is 1.77 bits per heavy atom. The number of fused-ring (bicyclic) bond motifs is 1. The minimum absolute atomic E-state index is 0.198. The van der Waals surface area contributed by atoms with Crippen LogP contribution in [0.15, 0.2) is 72.9 Å². The smallest absolute Gasteiger partial charge is 0.237 e. The quantitative estimate of drug-likeness (QED) is 0.395. The third-order valence-electron chi connectivity index (χ3n) is 6.96. The van der Waals surface area contributed by atoms with Crippen molar-refractivity contribution in [1.82, 2.24) is 14.7 Å². The second kappa shape index (κ2) is 8.91. The zero-order valence-corrected chi connectivity index (χ0v) is 20.2. The number of benzene rings is 2. The summed E-state index contributed by atoms with van der Waals surface area (Å²) >= 11 is 0. The van der Waals surface area contributed by atoms with Crippen LogP contribution in [0.1, 0.15) is 31.7 Å². The molecule has 1 fully saturated rings. The fraction of sp³-hybridized carbons (Fsp3) is 0.250. The number of anilines is 3. The molecule has 2 aromatic carbocycles. The van der Waals surface area contributed by atoms with Crippen molar-refractivity contribution in [2.75, 3.05) is 24.3 Å². The van der Waals surface area contributed by atoms with Gasteiger partial charge < -0.3 is 10.2 Å². The number of rotatable bonds is 6. The monoisotopic (exact) mass is 467 g/mol. The number of aromatic nitrogens is 2. The summed E-state index contributed by atoms with van der Waals surface area (Å²) in [4.78, 5) is 31.4. The van der Waals surface area contributed by atoms with Crippen molar-refractivity contribution < 1.29 is 9.59 Å². The minimum atomic E-state index is -0.672. The second-order valence-corrected chi connectivity index (χ2v) is 9.19. The Morgan fingerprint density at radius 3 is 2.43 bits per heavy atom. The first-order valence-corrected chi connectivity index (χ1v) is 11.9. The van der Waals surface area contributed by atoms with Gasteiger partial charge in [-0.25, -0.2) is 4.98 Å². The van der Waals surface area contributed by atoms with E-state index >= 15 is 0 Å². The number of nitrogens with one attached hydrogen (secondary N) is 2. The van der Waals surface area contributed by atoms with Gasteiger partial charge in [0.25, 0.3) is 0 Å². The van der Waals surface area contributed by atoms with Crippen LogP contribution in [0.2, 0.25) is 0 Å². The van der Waals surface area contributed by atoms with Gasteiger partial charge in [-0.3, -0.25) is 19.3 Å². The van der Waals surface area contributed by atoms with Crippen LogP contribution in [0.3, 0.4) is 0 Å². The third-order valence-corrected chi connectivity index (χ3v) is 6.96. The summed E-state index contributed by atoms with van der Waals surface area (Å²) in [6, 6.07) is 22.2. The largest absolute Gasteiger partial charge is 0.378 e. The molecule has 1 aliphatic rings. The van der Waals surface area contributed by atoms with Crippen molar-refractivity contribution in [2.24, 2.45) is 0 Å². The number of nitrogens with zero attached hydrogens (tertiary/aromatic N) is 3. The van der Waals surface area contributed by atoms with Crippen LogP contribution >= 0.6 is 0 Å². The van der Waals surface area contributed by atoms with Gasteiger partial charge in [-0.05, 0) is 54.8 Å². The molecule has 0 aliphatic carbocycles. The van der Waals surface area contributed by atoms with Crippen LogP contribution in [-0.4, -0.2) is 35.3 Å². The van der Waals surface area contributed by atoms with Crippen LogP contribution in [0.25, 0.3) is 16.9 Å². The first-order chi connectivity index (χ1) is 16.9. The number of carbonyl (C=O) groups excluding carboxylic acids is 2. The molecule has 0 bridgehead atoms. The number of amides is 2. The van der Waals surface area contributed by atoms with Crippen molar-refractivity contribution >= 4 is 34.7 Å². The lowest BCUT2D eigenvalue weighted by Crippen LogP contribution is -2.51. The molecule has 7 heteroatoms. The van der Waals surface area contributed by atoms with Gasteiger partial charge in [0, 0.05) is 43.7 Å². The molecule has 5 rings (SSSR count). The summed E-state index contributed by atoms with van der Waals surface area (Å²) in [7, 11) is 4.04. The average molecular weight is 468 g/mol. The number of hydrogen-bond donors (Lipinski definition) is 2. The summed E-state index contributed by atoms with van der Waals surface area (Å²) in [5, 5.41) is 6.06. The molecule has 0 unspecified atom stereocenters. The topological polar surface area (TPSA) is 78.7 Å². The normalized spacial score (nSPS) is 17.9. The number of imide groups is 1. The van der Waals surface area contributed by atoms with Crippen LogP contribution < -0.4 is 15.5 Å². The van der Waals surface area contributed by atoms with Crippen molar-refractivity contribution in [3.8, 4) is 11.3 Å². The Labute approximate surface area is 204 Å². The van der Waals surface area contributed by atoms with E-state index in [0.29, 0.717) is 19.3 Å². The maximum absolute atomic E-state index is 12.8. The van der Waals surface area contributed by atoms with Crippen molar-refractivity contribution in [1.29, 1.82) is 0 Å². The number of hydrogen-bond acceptors (Lipinski definition) is 5. The number of carbonyl (C=O) groups is 2. The molecule has 178 valence electrons. The number of imidazole rings is 1. The van der Waals surface area contributed by atoms with Crippen molar-refractivity contribution in [2.45, 2.75) is 31.6 Å². The average Bonchev–Trinajstić information content (AvgIpc) is 3.23. The fourth-order valence-corrected chi connectivity index (χ4v) is 4.81. The highest BCUT2D eigenvalue weighted by Crippen LogP contribution is 2.37. The summed E-state index contributed by atoms with van der Waals surface area (Å²) in [6.45, 7) is 1.99. The Morgan fingerprint density at radius 1 is 1.03 bits per heavy atom. The van der Waals surface area contributed by atoms with Gasteiger partial charge in [0.1, 0.15) is 17.2 Å². The summed E-state index contributed by atoms with van der Waals surface area (Å²) in [5.74, 6) is 0.468. The molecule has 0 spiro atoms. The van der Waals surface area contributed by atoms with E-state index in [9.17, 15) is 9.59 Å². The first-order valence-electron chi connectivity index (χ1n) is 11.9. The first kappa shape index (κ1) is 22.7. The fourth-order valence-electron chi connectivity index (χ4n) is 4.81. The molecule has 1 saturated heterocycles. The molecule has 0 radical (unpaired) electrons. The van der Waals surface area contributed by atoms with E-state index in [0.717, 1.165) is 39.7 Å². The lowest BCUT2D eigenvalue weighted by Gasteiger charge is -2.35.